The Morgan fingerprint density at radius 3 is 2.32 bits per heavy atom. The van der Waals surface area contributed by atoms with Gasteiger partial charge in [-0.1, -0.05) is 36.4 Å². The normalized spacial score (nSPS) is 11.2. The Labute approximate surface area is 191 Å². The zero-order chi connectivity index (χ0) is 23.1. The number of benzene rings is 3. The van der Waals surface area contributed by atoms with Crippen LogP contribution in [0.3, 0.4) is 0 Å². The van der Waals surface area contributed by atoms with E-state index in [9.17, 15) is 9.59 Å². The Balaban J connectivity index is 1.20. The third kappa shape index (κ3) is 3.58. The number of H-pyrrole nitrogens is 3. The second-order valence-electron chi connectivity index (χ2n) is 7.58. The maximum Gasteiger partial charge on any atom is 0.419 e. The van der Waals surface area contributed by atoms with Crippen LogP contribution in [0.1, 0.15) is 10.5 Å². The second kappa shape index (κ2) is 7.78. The lowest BCUT2D eigenvalue weighted by Gasteiger charge is -2.04. The molecule has 0 bridgehead atoms. The summed E-state index contributed by atoms with van der Waals surface area (Å²) in [4.78, 5) is 42.9. The summed E-state index contributed by atoms with van der Waals surface area (Å²) in [5.41, 5.74) is 3.78. The Hall–Kier alpha value is -5.12. The quantitative estimate of drug-likeness (QED) is 0.262. The number of nitrogens with zero attached hydrogens (tertiary/aromatic N) is 2. The number of para-hydroxylation sites is 4. The van der Waals surface area contributed by atoms with Crippen LogP contribution < -0.4 is 15.4 Å². The molecule has 2 amide bonds. The van der Waals surface area contributed by atoms with Crippen LogP contribution in [0.25, 0.3) is 33.0 Å². The van der Waals surface area contributed by atoms with E-state index in [1.54, 1.807) is 24.3 Å². The summed E-state index contributed by atoms with van der Waals surface area (Å²) >= 11 is 0. The van der Waals surface area contributed by atoms with Gasteiger partial charge in [0.25, 0.3) is 5.91 Å². The molecule has 34 heavy (non-hydrogen) atoms. The van der Waals surface area contributed by atoms with Crippen LogP contribution in [-0.2, 0) is 0 Å². The Morgan fingerprint density at radius 2 is 1.47 bits per heavy atom. The molecule has 6 rings (SSSR count). The Kier molecular flexibility index (Phi) is 4.48. The highest BCUT2D eigenvalue weighted by Crippen LogP contribution is 2.26. The topological polar surface area (TPSA) is 141 Å². The Bertz CT molecular complexity index is 1630. The van der Waals surface area contributed by atoms with Gasteiger partial charge in [-0.3, -0.25) is 15.4 Å². The first kappa shape index (κ1) is 19.6. The number of ether oxygens (including phenoxy) is 1. The third-order valence-electron chi connectivity index (χ3n) is 5.29. The number of rotatable bonds is 4. The fourth-order valence-electron chi connectivity index (χ4n) is 3.75. The van der Waals surface area contributed by atoms with E-state index in [1.165, 1.54) is 0 Å². The largest absolute Gasteiger partial charge is 0.419 e. The van der Waals surface area contributed by atoms with Gasteiger partial charge in [-0.15, -0.1) is 0 Å². The van der Waals surface area contributed by atoms with Gasteiger partial charge in [0.1, 0.15) is 11.2 Å². The van der Waals surface area contributed by atoms with Crippen LogP contribution in [-0.4, -0.2) is 36.9 Å². The van der Waals surface area contributed by atoms with E-state index >= 15 is 0 Å². The van der Waals surface area contributed by atoms with Gasteiger partial charge in [-0.05, 0) is 36.4 Å². The first-order valence-electron chi connectivity index (χ1n) is 10.4. The van der Waals surface area contributed by atoms with E-state index in [0.29, 0.717) is 16.7 Å². The Morgan fingerprint density at radius 1 is 0.735 bits per heavy atom. The average molecular weight is 451 g/mol. The fourth-order valence-corrected chi connectivity index (χ4v) is 3.75. The van der Waals surface area contributed by atoms with Crippen molar-refractivity contribution in [2.24, 2.45) is 0 Å². The van der Waals surface area contributed by atoms with Gasteiger partial charge in [0.05, 0.1) is 16.6 Å². The minimum Gasteiger partial charge on any atom is -0.408 e. The number of carbonyl (C=O) groups is 2. The predicted octanol–water partition coefficient (Wildman–Crippen LogP) is 4.78. The van der Waals surface area contributed by atoms with Crippen molar-refractivity contribution in [3.05, 3.63) is 78.5 Å². The maximum absolute atomic E-state index is 12.7. The molecule has 3 aromatic carbocycles. The number of amides is 2. The van der Waals surface area contributed by atoms with Crippen molar-refractivity contribution in [3.63, 3.8) is 0 Å². The molecule has 0 atom stereocenters. The molecule has 3 aromatic heterocycles. The number of carbonyl (C=O) groups excluding carboxylic acids is 2. The van der Waals surface area contributed by atoms with Crippen LogP contribution in [0.5, 0.6) is 5.75 Å². The monoisotopic (exact) mass is 451 g/mol. The second-order valence-corrected chi connectivity index (χ2v) is 7.58. The van der Waals surface area contributed by atoms with Gasteiger partial charge in [-0.2, -0.15) is 0 Å². The molecule has 0 spiro atoms. The number of hydrogen-bond acceptors (Lipinski definition) is 5. The van der Waals surface area contributed by atoms with Crippen molar-refractivity contribution in [1.82, 2.24) is 24.9 Å². The molecule has 6 aromatic rings. The molecule has 5 N–H and O–H groups in total. The molecular formula is C24H17N7O3. The number of nitrogens with one attached hydrogen (secondary N) is 5. The van der Waals surface area contributed by atoms with Crippen molar-refractivity contribution in [2.45, 2.75) is 0 Å². The number of aromatic amines is 3. The third-order valence-corrected chi connectivity index (χ3v) is 5.29. The maximum atomic E-state index is 12.7. The molecule has 0 aliphatic rings. The molecule has 0 radical (unpaired) electrons. The summed E-state index contributed by atoms with van der Waals surface area (Å²) in [6.07, 6.45) is -0.724. The summed E-state index contributed by atoms with van der Waals surface area (Å²) in [7, 11) is 0. The van der Waals surface area contributed by atoms with E-state index in [1.807, 2.05) is 48.5 Å². The van der Waals surface area contributed by atoms with Crippen LogP contribution in [0.15, 0.2) is 72.8 Å². The van der Waals surface area contributed by atoms with E-state index in [0.717, 1.165) is 21.9 Å². The zero-order valence-electron chi connectivity index (χ0n) is 17.5. The first-order valence-corrected chi connectivity index (χ1v) is 10.4. The molecule has 166 valence electrons. The van der Waals surface area contributed by atoms with E-state index in [-0.39, 0.29) is 23.6 Å². The van der Waals surface area contributed by atoms with Gasteiger partial charge in [0, 0.05) is 10.9 Å². The number of fused-ring (bicyclic) bond motifs is 3. The summed E-state index contributed by atoms with van der Waals surface area (Å²) in [5.74, 6) is 0.382. The predicted molar refractivity (Wildman–Crippen MR) is 128 cm³/mol. The lowest BCUT2D eigenvalue weighted by molar-refractivity contribution is 0.102. The standard InChI is InChI=1S/C24H17N7O3/c32-21(18-12-13-6-1-2-7-14(13)25-18)30-23-28-17-10-5-11-19(20(17)29-23)34-24(33)31-22-26-15-8-3-4-9-16(15)27-22/h1-12,25H,(H2,26,27,31,33)(H2,28,29,30,32). The van der Waals surface area contributed by atoms with Crippen LogP contribution in [0, 0.1) is 0 Å². The van der Waals surface area contributed by atoms with Crippen molar-refractivity contribution >= 4 is 56.9 Å². The summed E-state index contributed by atoms with van der Waals surface area (Å²) in [6, 6.07) is 21.9. The highest BCUT2D eigenvalue weighted by atomic mass is 16.6. The molecule has 10 heteroatoms. The van der Waals surface area contributed by atoms with Gasteiger partial charge in [0.15, 0.2) is 5.75 Å². The highest BCUT2D eigenvalue weighted by molar-refractivity contribution is 6.05. The SMILES string of the molecule is O=C(Nc1nc2ccccc2[nH]1)Oc1cccc2[nH]c(NC(=O)c3cc4ccccc4[nH]3)nc12. The molecule has 10 nitrogen and oxygen atoms in total. The van der Waals surface area contributed by atoms with Gasteiger partial charge < -0.3 is 19.7 Å². The van der Waals surface area contributed by atoms with Crippen molar-refractivity contribution in [2.75, 3.05) is 10.6 Å². The average Bonchev–Trinajstić information content (AvgIpc) is 3.54. The summed E-state index contributed by atoms with van der Waals surface area (Å²) < 4.78 is 5.46. The summed E-state index contributed by atoms with van der Waals surface area (Å²) in [5, 5.41) is 6.25. The molecule has 0 unspecified atom stereocenters. The van der Waals surface area contributed by atoms with E-state index in [2.05, 4.69) is 35.6 Å². The molecule has 3 heterocycles. The lowest BCUT2D eigenvalue weighted by atomic mass is 10.2. The molecule has 0 saturated carbocycles. The molecule has 0 aliphatic carbocycles. The minimum absolute atomic E-state index is 0.229. The lowest BCUT2D eigenvalue weighted by Crippen LogP contribution is -2.17. The highest BCUT2D eigenvalue weighted by Gasteiger charge is 2.16. The van der Waals surface area contributed by atoms with E-state index in [4.69, 9.17) is 4.74 Å². The number of imidazole rings is 2. The fraction of sp³-hybridized carbons (Fsp3) is 0. The van der Waals surface area contributed by atoms with E-state index < -0.39 is 6.09 Å². The molecule has 0 fully saturated rings. The molecule has 0 aliphatic heterocycles. The van der Waals surface area contributed by atoms with Gasteiger partial charge >= 0.3 is 6.09 Å². The van der Waals surface area contributed by atoms with Crippen molar-refractivity contribution in [1.29, 1.82) is 0 Å². The van der Waals surface area contributed by atoms with Crippen LogP contribution in [0.4, 0.5) is 16.7 Å². The molecular weight excluding hydrogens is 434 g/mol. The minimum atomic E-state index is -0.724. The van der Waals surface area contributed by atoms with Crippen molar-refractivity contribution < 1.29 is 14.3 Å². The zero-order valence-corrected chi connectivity index (χ0v) is 17.5. The smallest absolute Gasteiger partial charge is 0.408 e. The van der Waals surface area contributed by atoms with Crippen molar-refractivity contribution in [3.8, 4) is 5.75 Å². The van der Waals surface area contributed by atoms with Crippen LogP contribution >= 0.6 is 0 Å². The number of hydrogen-bond donors (Lipinski definition) is 5. The number of anilines is 2. The summed E-state index contributed by atoms with van der Waals surface area (Å²) in [6.45, 7) is 0. The first-order chi connectivity index (χ1) is 16.6. The molecule has 0 saturated heterocycles. The van der Waals surface area contributed by atoms with Crippen LogP contribution in [0.2, 0.25) is 0 Å². The number of aromatic nitrogens is 5. The van der Waals surface area contributed by atoms with Gasteiger partial charge in [-0.25, -0.2) is 14.8 Å². The van der Waals surface area contributed by atoms with Gasteiger partial charge in [0.2, 0.25) is 11.9 Å².